The third-order valence-corrected chi connectivity index (χ3v) is 4.39. The van der Waals surface area contributed by atoms with Crippen LogP contribution in [-0.2, 0) is 10.0 Å². The van der Waals surface area contributed by atoms with Gasteiger partial charge in [0.1, 0.15) is 0 Å². The first-order chi connectivity index (χ1) is 8.90. The Kier molecular flexibility index (Phi) is 5.81. The molecule has 0 spiro atoms. The van der Waals surface area contributed by atoms with Crippen LogP contribution in [0.15, 0.2) is 17.0 Å². The molecular formula is C11H14ClF3N2O2S. The first-order valence-electron chi connectivity index (χ1n) is 5.78. The number of halogens is 4. The van der Waals surface area contributed by atoms with Crippen LogP contribution in [0.5, 0.6) is 0 Å². The highest BCUT2D eigenvalue weighted by Gasteiger charge is 2.24. The van der Waals surface area contributed by atoms with Crippen LogP contribution < -0.4 is 10.0 Å². The molecule has 114 valence electrons. The number of rotatable bonds is 3. The van der Waals surface area contributed by atoms with E-state index in [2.05, 4.69) is 10.0 Å². The lowest BCUT2D eigenvalue weighted by atomic mass is 10.1. The van der Waals surface area contributed by atoms with Crippen LogP contribution >= 0.6 is 12.4 Å². The quantitative estimate of drug-likeness (QED) is 0.827. The average Bonchev–Trinajstić information content (AvgIpc) is 2.36. The van der Waals surface area contributed by atoms with Crippen LogP contribution in [0.4, 0.5) is 13.2 Å². The molecule has 2 rings (SSSR count). The first-order valence-corrected chi connectivity index (χ1v) is 7.26. The van der Waals surface area contributed by atoms with Crippen molar-refractivity contribution in [2.75, 3.05) is 13.1 Å². The molecule has 1 unspecified atom stereocenters. The van der Waals surface area contributed by atoms with Crippen molar-refractivity contribution < 1.29 is 21.6 Å². The van der Waals surface area contributed by atoms with Crippen LogP contribution in [-0.4, -0.2) is 27.5 Å². The molecule has 1 aromatic carbocycles. The molecule has 0 amide bonds. The Bertz CT molecular complexity index is 554. The molecule has 0 aliphatic carbocycles. The zero-order valence-corrected chi connectivity index (χ0v) is 12.0. The number of sulfonamides is 1. The van der Waals surface area contributed by atoms with Crippen molar-refractivity contribution in [1.82, 2.24) is 10.0 Å². The van der Waals surface area contributed by atoms with Crippen LogP contribution in [0.2, 0.25) is 0 Å². The minimum atomic E-state index is -4.06. The Morgan fingerprint density at radius 3 is 2.30 bits per heavy atom. The van der Waals surface area contributed by atoms with E-state index in [1.807, 2.05) is 0 Å². The Labute approximate surface area is 121 Å². The van der Waals surface area contributed by atoms with Gasteiger partial charge in [-0.05, 0) is 31.5 Å². The SMILES string of the molecule is Cl.O=S(=O)(NC1CCCNC1)c1cc(F)c(F)c(F)c1. The Balaban J connectivity index is 0.00000200. The number of hydrogen-bond donors (Lipinski definition) is 2. The molecule has 1 aliphatic rings. The normalized spacial score (nSPS) is 19.4. The highest BCUT2D eigenvalue weighted by molar-refractivity contribution is 7.89. The summed E-state index contributed by atoms with van der Waals surface area (Å²) in [4.78, 5) is -0.616. The van der Waals surface area contributed by atoms with Gasteiger partial charge in [0.25, 0.3) is 0 Å². The van der Waals surface area contributed by atoms with Crippen LogP contribution in [0.3, 0.4) is 0 Å². The minimum absolute atomic E-state index is 0. The summed E-state index contributed by atoms with van der Waals surface area (Å²) >= 11 is 0. The molecule has 0 bridgehead atoms. The zero-order chi connectivity index (χ0) is 14.0. The second-order valence-corrected chi connectivity index (χ2v) is 6.08. The minimum Gasteiger partial charge on any atom is -0.315 e. The Hall–Kier alpha value is -0.830. The van der Waals surface area contributed by atoms with E-state index in [9.17, 15) is 21.6 Å². The van der Waals surface area contributed by atoms with E-state index in [1.54, 1.807) is 0 Å². The summed E-state index contributed by atoms with van der Waals surface area (Å²) in [5.74, 6) is -4.73. The lowest BCUT2D eigenvalue weighted by Crippen LogP contribution is -2.45. The van der Waals surface area contributed by atoms with Gasteiger partial charge in [-0.2, -0.15) is 0 Å². The van der Waals surface area contributed by atoms with E-state index in [4.69, 9.17) is 0 Å². The molecule has 0 radical (unpaired) electrons. The maximum atomic E-state index is 13.0. The van der Waals surface area contributed by atoms with Gasteiger partial charge < -0.3 is 5.32 Å². The van der Waals surface area contributed by atoms with Crippen molar-refractivity contribution in [1.29, 1.82) is 0 Å². The van der Waals surface area contributed by atoms with E-state index < -0.39 is 32.4 Å². The highest BCUT2D eigenvalue weighted by atomic mass is 35.5. The lowest BCUT2D eigenvalue weighted by molar-refractivity contribution is 0.426. The van der Waals surface area contributed by atoms with Crippen LogP contribution in [0, 0.1) is 17.5 Å². The Morgan fingerprint density at radius 1 is 1.20 bits per heavy atom. The van der Waals surface area contributed by atoms with Crippen LogP contribution in [0.25, 0.3) is 0 Å². The second kappa shape index (κ2) is 6.75. The van der Waals surface area contributed by atoms with Gasteiger partial charge in [0, 0.05) is 12.6 Å². The molecule has 9 heteroatoms. The highest BCUT2D eigenvalue weighted by Crippen LogP contribution is 2.18. The molecule has 1 aromatic rings. The molecule has 2 N–H and O–H groups in total. The summed E-state index contributed by atoms with van der Waals surface area (Å²) in [7, 11) is -4.06. The van der Waals surface area contributed by atoms with Crippen molar-refractivity contribution in [3.05, 3.63) is 29.6 Å². The number of hydrogen-bond acceptors (Lipinski definition) is 3. The van der Waals surface area contributed by atoms with Crippen LogP contribution in [0.1, 0.15) is 12.8 Å². The van der Waals surface area contributed by atoms with Gasteiger partial charge in [-0.25, -0.2) is 26.3 Å². The molecule has 4 nitrogen and oxygen atoms in total. The van der Waals surface area contributed by atoms with Crippen molar-refractivity contribution in [3.63, 3.8) is 0 Å². The predicted molar refractivity (Wildman–Crippen MR) is 69.8 cm³/mol. The standard InChI is InChI=1S/C11H13F3N2O2S.ClH/c12-9-4-8(5-10(13)11(9)14)19(17,18)16-7-2-1-3-15-6-7;/h4-5,7,15-16H,1-3,6H2;1H. The molecule has 1 aliphatic heterocycles. The fourth-order valence-electron chi connectivity index (χ4n) is 1.93. The summed E-state index contributed by atoms with van der Waals surface area (Å²) in [5.41, 5.74) is 0. The van der Waals surface area contributed by atoms with Crippen molar-refractivity contribution >= 4 is 22.4 Å². The molecule has 1 fully saturated rings. The summed E-state index contributed by atoms with van der Waals surface area (Å²) in [6.45, 7) is 1.25. The van der Waals surface area contributed by atoms with Crippen molar-refractivity contribution in [2.45, 2.75) is 23.8 Å². The fraction of sp³-hybridized carbons (Fsp3) is 0.455. The average molecular weight is 331 g/mol. The Morgan fingerprint density at radius 2 is 1.80 bits per heavy atom. The molecule has 0 saturated carbocycles. The maximum absolute atomic E-state index is 13.0. The van der Waals surface area contributed by atoms with Gasteiger partial charge in [0.15, 0.2) is 17.5 Å². The fourth-order valence-corrected chi connectivity index (χ4v) is 3.22. The van der Waals surface area contributed by atoms with E-state index in [0.29, 0.717) is 25.1 Å². The van der Waals surface area contributed by atoms with Gasteiger partial charge in [-0.15, -0.1) is 12.4 Å². The molecule has 0 aromatic heterocycles. The lowest BCUT2D eigenvalue weighted by Gasteiger charge is -2.23. The molecule has 20 heavy (non-hydrogen) atoms. The van der Waals surface area contributed by atoms with E-state index >= 15 is 0 Å². The van der Waals surface area contributed by atoms with Gasteiger partial charge in [-0.1, -0.05) is 0 Å². The third-order valence-electron chi connectivity index (χ3n) is 2.89. The van der Waals surface area contributed by atoms with Gasteiger partial charge in [0.05, 0.1) is 4.90 Å². The summed E-state index contributed by atoms with van der Waals surface area (Å²) in [6.07, 6.45) is 1.44. The monoisotopic (exact) mass is 330 g/mol. The maximum Gasteiger partial charge on any atom is 0.241 e. The van der Waals surface area contributed by atoms with E-state index in [-0.39, 0.29) is 18.4 Å². The summed E-state index contributed by atoms with van der Waals surface area (Å²) in [6, 6.07) is 0.600. The molecule has 1 heterocycles. The van der Waals surface area contributed by atoms with E-state index in [0.717, 1.165) is 13.0 Å². The van der Waals surface area contributed by atoms with Gasteiger partial charge in [-0.3, -0.25) is 0 Å². The topological polar surface area (TPSA) is 58.2 Å². The zero-order valence-electron chi connectivity index (χ0n) is 10.3. The van der Waals surface area contributed by atoms with Crippen molar-refractivity contribution in [3.8, 4) is 0 Å². The van der Waals surface area contributed by atoms with Crippen molar-refractivity contribution in [2.24, 2.45) is 0 Å². The summed E-state index contributed by atoms with van der Waals surface area (Å²) in [5, 5.41) is 3.01. The molecule has 1 saturated heterocycles. The molecule has 1 atom stereocenters. The number of piperidine rings is 1. The number of nitrogens with one attached hydrogen (secondary N) is 2. The predicted octanol–water partition coefficient (Wildman–Crippen LogP) is 1.56. The largest absolute Gasteiger partial charge is 0.315 e. The summed E-state index contributed by atoms with van der Waals surface area (Å²) < 4.78 is 65.0. The van der Waals surface area contributed by atoms with E-state index in [1.165, 1.54) is 0 Å². The third kappa shape index (κ3) is 3.85. The molecular weight excluding hydrogens is 317 g/mol. The first kappa shape index (κ1) is 17.2. The second-order valence-electron chi connectivity index (χ2n) is 4.37. The smallest absolute Gasteiger partial charge is 0.241 e. The van der Waals surface area contributed by atoms with Gasteiger partial charge >= 0.3 is 0 Å². The van der Waals surface area contributed by atoms with Gasteiger partial charge in [0.2, 0.25) is 10.0 Å². The number of benzene rings is 1.